The van der Waals surface area contributed by atoms with Crippen molar-refractivity contribution in [1.29, 1.82) is 0 Å². The SMILES string of the molecule is COc1ccc2c(c1)CC(C(=O)N[C@@H](CC(=O)O)c1ccc(Cl)cc1)CO2. The number of nitrogens with one attached hydrogen (secondary N) is 1. The molecule has 2 N–H and O–H groups in total. The number of hydrogen-bond acceptors (Lipinski definition) is 4. The van der Waals surface area contributed by atoms with Gasteiger partial charge in [0.05, 0.1) is 25.5 Å². The molecule has 1 aliphatic rings. The third-order valence-electron chi connectivity index (χ3n) is 4.51. The van der Waals surface area contributed by atoms with E-state index < -0.39 is 17.9 Å². The second-order valence-corrected chi connectivity index (χ2v) is 6.83. The molecule has 0 spiro atoms. The monoisotopic (exact) mass is 389 g/mol. The van der Waals surface area contributed by atoms with Gasteiger partial charge in [0.1, 0.15) is 18.1 Å². The lowest BCUT2D eigenvalue weighted by atomic mass is 9.94. The fraction of sp³-hybridized carbons (Fsp3) is 0.300. The maximum absolute atomic E-state index is 12.8. The largest absolute Gasteiger partial charge is 0.497 e. The van der Waals surface area contributed by atoms with Crippen LogP contribution in [-0.4, -0.2) is 30.7 Å². The highest BCUT2D eigenvalue weighted by molar-refractivity contribution is 6.30. The Morgan fingerprint density at radius 1 is 1.30 bits per heavy atom. The summed E-state index contributed by atoms with van der Waals surface area (Å²) in [4.78, 5) is 24.0. The van der Waals surface area contributed by atoms with Gasteiger partial charge in [0.15, 0.2) is 0 Å². The Labute approximate surface area is 162 Å². The minimum Gasteiger partial charge on any atom is -0.497 e. The molecule has 7 heteroatoms. The molecule has 27 heavy (non-hydrogen) atoms. The van der Waals surface area contributed by atoms with Crippen LogP contribution in [0.3, 0.4) is 0 Å². The van der Waals surface area contributed by atoms with Crippen molar-refractivity contribution in [2.45, 2.75) is 18.9 Å². The second-order valence-electron chi connectivity index (χ2n) is 6.40. The van der Waals surface area contributed by atoms with Gasteiger partial charge in [0.2, 0.25) is 5.91 Å². The number of aliphatic carboxylic acids is 1. The third kappa shape index (κ3) is 4.71. The summed E-state index contributed by atoms with van der Waals surface area (Å²) in [6.07, 6.45) is 0.282. The van der Waals surface area contributed by atoms with Gasteiger partial charge in [0, 0.05) is 5.02 Å². The lowest BCUT2D eigenvalue weighted by Crippen LogP contribution is -2.39. The Balaban J connectivity index is 1.73. The molecule has 0 saturated heterocycles. The Hall–Kier alpha value is -2.73. The van der Waals surface area contributed by atoms with E-state index in [1.54, 1.807) is 31.4 Å². The normalized spacial score (nSPS) is 16.6. The number of amides is 1. The van der Waals surface area contributed by atoms with Gasteiger partial charge < -0.3 is 19.9 Å². The van der Waals surface area contributed by atoms with Crippen LogP contribution in [-0.2, 0) is 16.0 Å². The highest BCUT2D eigenvalue weighted by Gasteiger charge is 2.29. The minimum absolute atomic E-state index is 0.217. The number of carbonyl (C=O) groups is 2. The van der Waals surface area contributed by atoms with Crippen LogP contribution in [0.15, 0.2) is 42.5 Å². The summed E-state index contributed by atoms with van der Waals surface area (Å²) in [5.74, 6) is -0.217. The molecule has 0 bridgehead atoms. The molecule has 0 saturated carbocycles. The van der Waals surface area contributed by atoms with E-state index in [9.17, 15) is 14.7 Å². The Kier molecular flexibility index (Phi) is 5.86. The van der Waals surface area contributed by atoms with E-state index in [0.717, 1.165) is 11.3 Å². The summed E-state index contributed by atoms with van der Waals surface area (Å²) >= 11 is 5.89. The number of halogens is 1. The Morgan fingerprint density at radius 3 is 2.70 bits per heavy atom. The molecule has 0 aromatic heterocycles. The zero-order valence-corrected chi connectivity index (χ0v) is 15.5. The summed E-state index contributed by atoms with van der Waals surface area (Å²) in [6, 6.07) is 11.6. The zero-order chi connectivity index (χ0) is 19.4. The first-order valence-corrected chi connectivity index (χ1v) is 8.91. The van der Waals surface area contributed by atoms with Gasteiger partial charge in [-0.1, -0.05) is 23.7 Å². The molecule has 1 unspecified atom stereocenters. The molecule has 3 rings (SSSR count). The van der Waals surface area contributed by atoms with Gasteiger partial charge in [-0.05, 0) is 47.9 Å². The van der Waals surface area contributed by atoms with E-state index in [0.29, 0.717) is 22.8 Å². The first kappa shape index (κ1) is 19.0. The van der Waals surface area contributed by atoms with E-state index in [2.05, 4.69) is 5.32 Å². The fourth-order valence-corrected chi connectivity index (χ4v) is 3.20. The number of carbonyl (C=O) groups excluding carboxylic acids is 1. The fourth-order valence-electron chi connectivity index (χ4n) is 3.08. The van der Waals surface area contributed by atoms with Crippen molar-refractivity contribution >= 4 is 23.5 Å². The molecule has 1 aliphatic heterocycles. The molecule has 0 aliphatic carbocycles. The molecule has 6 nitrogen and oxygen atoms in total. The summed E-state index contributed by atoms with van der Waals surface area (Å²) in [5.41, 5.74) is 1.58. The summed E-state index contributed by atoms with van der Waals surface area (Å²) < 4.78 is 10.9. The number of fused-ring (bicyclic) bond motifs is 1. The van der Waals surface area contributed by atoms with Crippen molar-refractivity contribution in [2.75, 3.05) is 13.7 Å². The zero-order valence-electron chi connectivity index (χ0n) is 14.8. The van der Waals surface area contributed by atoms with Gasteiger partial charge in [-0.15, -0.1) is 0 Å². The molecule has 1 heterocycles. The predicted molar refractivity (Wildman–Crippen MR) is 100 cm³/mol. The third-order valence-corrected chi connectivity index (χ3v) is 4.76. The van der Waals surface area contributed by atoms with E-state index in [1.807, 2.05) is 18.2 Å². The van der Waals surface area contributed by atoms with Crippen LogP contribution in [0, 0.1) is 5.92 Å². The van der Waals surface area contributed by atoms with Crippen molar-refractivity contribution in [1.82, 2.24) is 5.32 Å². The molecule has 1 amide bonds. The van der Waals surface area contributed by atoms with Crippen LogP contribution in [0.2, 0.25) is 5.02 Å². The highest BCUT2D eigenvalue weighted by Crippen LogP contribution is 2.31. The number of methoxy groups -OCH3 is 1. The molecular formula is C20H20ClNO5. The first-order valence-electron chi connectivity index (χ1n) is 8.53. The van der Waals surface area contributed by atoms with Crippen LogP contribution in [0.1, 0.15) is 23.6 Å². The van der Waals surface area contributed by atoms with Crippen LogP contribution >= 0.6 is 11.6 Å². The molecular weight excluding hydrogens is 370 g/mol. The molecule has 0 radical (unpaired) electrons. The molecule has 2 aromatic rings. The lowest BCUT2D eigenvalue weighted by molar-refractivity contribution is -0.138. The maximum atomic E-state index is 12.8. The van der Waals surface area contributed by atoms with Crippen molar-refractivity contribution in [3.63, 3.8) is 0 Å². The number of hydrogen-bond donors (Lipinski definition) is 2. The van der Waals surface area contributed by atoms with Crippen LogP contribution in [0.25, 0.3) is 0 Å². The van der Waals surface area contributed by atoms with Gasteiger partial charge in [0.25, 0.3) is 0 Å². The van der Waals surface area contributed by atoms with Crippen LogP contribution < -0.4 is 14.8 Å². The topological polar surface area (TPSA) is 84.9 Å². The number of benzene rings is 2. The van der Waals surface area contributed by atoms with Crippen LogP contribution in [0.5, 0.6) is 11.5 Å². The predicted octanol–water partition coefficient (Wildman–Crippen LogP) is 3.23. The molecule has 2 aromatic carbocycles. The highest BCUT2D eigenvalue weighted by atomic mass is 35.5. The van der Waals surface area contributed by atoms with E-state index in [1.165, 1.54) is 0 Å². The van der Waals surface area contributed by atoms with E-state index >= 15 is 0 Å². The minimum atomic E-state index is -0.995. The average Bonchev–Trinajstić information content (AvgIpc) is 2.66. The second kappa shape index (κ2) is 8.31. The standard InChI is InChI=1S/C20H20ClNO5/c1-26-16-6-7-18-13(9-16)8-14(11-27-18)20(25)22-17(10-19(23)24)12-2-4-15(21)5-3-12/h2-7,9,14,17H,8,10-11H2,1H3,(H,22,25)(H,23,24)/t14?,17-/m0/s1. The van der Waals surface area contributed by atoms with Crippen molar-refractivity contribution in [3.8, 4) is 11.5 Å². The van der Waals surface area contributed by atoms with E-state index in [4.69, 9.17) is 21.1 Å². The average molecular weight is 390 g/mol. The maximum Gasteiger partial charge on any atom is 0.305 e. The van der Waals surface area contributed by atoms with Gasteiger partial charge in [-0.3, -0.25) is 9.59 Å². The van der Waals surface area contributed by atoms with Gasteiger partial charge >= 0.3 is 5.97 Å². The van der Waals surface area contributed by atoms with E-state index in [-0.39, 0.29) is 18.9 Å². The first-order chi connectivity index (χ1) is 13.0. The Morgan fingerprint density at radius 2 is 2.04 bits per heavy atom. The summed E-state index contributed by atoms with van der Waals surface area (Å²) in [7, 11) is 1.58. The van der Waals surface area contributed by atoms with Gasteiger partial charge in [-0.25, -0.2) is 0 Å². The smallest absolute Gasteiger partial charge is 0.305 e. The van der Waals surface area contributed by atoms with Gasteiger partial charge in [-0.2, -0.15) is 0 Å². The number of ether oxygens (including phenoxy) is 2. The van der Waals surface area contributed by atoms with Crippen molar-refractivity contribution in [2.24, 2.45) is 5.92 Å². The number of carboxylic acids is 1. The lowest BCUT2D eigenvalue weighted by Gasteiger charge is -2.27. The summed E-state index contributed by atoms with van der Waals surface area (Å²) in [6.45, 7) is 0.242. The number of carboxylic acid groups (broad SMARTS) is 1. The number of rotatable bonds is 6. The van der Waals surface area contributed by atoms with Crippen LogP contribution in [0.4, 0.5) is 0 Å². The quantitative estimate of drug-likeness (QED) is 0.792. The Bertz CT molecular complexity index is 837. The molecule has 142 valence electrons. The van der Waals surface area contributed by atoms with Crippen molar-refractivity contribution in [3.05, 3.63) is 58.6 Å². The van der Waals surface area contributed by atoms with Crippen molar-refractivity contribution < 1.29 is 24.2 Å². The molecule has 2 atom stereocenters. The molecule has 0 fully saturated rings. The summed E-state index contributed by atoms with van der Waals surface area (Å²) in [5, 5.41) is 12.6.